The van der Waals surface area contributed by atoms with E-state index in [1.807, 2.05) is 0 Å². The Labute approximate surface area is 122 Å². The van der Waals surface area contributed by atoms with E-state index in [0.29, 0.717) is 25.1 Å². The summed E-state index contributed by atoms with van der Waals surface area (Å²) < 4.78 is 33.3. The average molecular weight is 404 g/mol. The summed E-state index contributed by atoms with van der Waals surface area (Å²) in [7, 11) is -2.08. The smallest absolute Gasteiger partial charge is 0.263 e. The lowest BCUT2D eigenvalue weighted by Crippen LogP contribution is -2.49. The van der Waals surface area contributed by atoms with Crippen LogP contribution in [-0.4, -0.2) is 58.8 Å². The fourth-order valence-corrected chi connectivity index (χ4v) is 5.14. The van der Waals surface area contributed by atoms with Crippen molar-refractivity contribution >= 4 is 41.9 Å². The van der Waals surface area contributed by atoms with Gasteiger partial charge in [-0.15, -0.1) is 5.10 Å². The number of alkyl halides is 1. The monoisotopic (exact) mass is 402 g/mol. The van der Waals surface area contributed by atoms with Crippen LogP contribution in [0.1, 0.15) is 0 Å². The van der Waals surface area contributed by atoms with Gasteiger partial charge < -0.3 is 4.74 Å². The Kier molecular flexibility index (Phi) is 4.42. The first-order valence-corrected chi connectivity index (χ1v) is 8.54. The van der Waals surface area contributed by atoms with Crippen molar-refractivity contribution in [2.24, 2.45) is 7.05 Å². The van der Waals surface area contributed by atoms with Crippen LogP contribution >= 0.6 is 31.9 Å². The molecule has 2 rings (SSSR count). The Balaban J connectivity index is 2.41. The molecule has 0 radical (unpaired) electrons. The Morgan fingerprint density at radius 3 is 2.83 bits per heavy atom. The van der Waals surface area contributed by atoms with Crippen LogP contribution in [0.4, 0.5) is 0 Å². The highest BCUT2D eigenvalue weighted by Gasteiger charge is 2.37. The van der Waals surface area contributed by atoms with E-state index in [-0.39, 0.29) is 15.7 Å². The van der Waals surface area contributed by atoms with Crippen molar-refractivity contribution in [3.8, 4) is 0 Å². The lowest BCUT2D eigenvalue weighted by Gasteiger charge is -2.33. The number of sulfonamides is 1. The summed E-state index contributed by atoms with van der Waals surface area (Å²) in [6, 6.07) is -0.217. The molecule has 1 fully saturated rings. The fraction of sp³-hybridized carbons (Fsp3) is 0.750. The molecule has 18 heavy (non-hydrogen) atoms. The maximum absolute atomic E-state index is 12.6. The van der Waals surface area contributed by atoms with Gasteiger partial charge in [0.15, 0.2) is 4.60 Å². The lowest BCUT2D eigenvalue weighted by molar-refractivity contribution is 0.0410. The number of aromatic nitrogens is 3. The van der Waals surface area contributed by atoms with Crippen LogP contribution in [0.25, 0.3) is 0 Å². The van der Waals surface area contributed by atoms with Gasteiger partial charge in [-0.3, -0.25) is 0 Å². The highest BCUT2D eigenvalue weighted by Crippen LogP contribution is 2.25. The highest BCUT2D eigenvalue weighted by molar-refractivity contribution is 9.10. The van der Waals surface area contributed by atoms with Gasteiger partial charge in [0.2, 0.25) is 5.03 Å². The Morgan fingerprint density at radius 2 is 2.28 bits per heavy atom. The van der Waals surface area contributed by atoms with Crippen molar-refractivity contribution in [2.75, 3.05) is 25.1 Å². The van der Waals surface area contributed by atoms with E-state index in [9.17, 15) is 8.42 Å². The zero-order chi connectivity index (χ0) is 13.3. The van der Waals surface area contributed by atoms with Crippen LogP contribution in [0.5, 0.6) is 0 Å². The minimum absolute atomic E-state index is 0.0651. The molecule has 2 heterocycles. The predicted octanol–water partition coefficient (Wildman–Crippen LogP) is 0.362. The number of morpholine rings is 1. The minimum Gasteiger partial charge on any atom is -0.378 e. The third kappa shape index (κ3) is 2.48. The topological polar surface area (TPSA) is 77.3 Å². The number of halogens is 2. The summed E-state index contributed by atoms with van der Waals surface area (Å²) in [5.74, 6) is 0. The molecule has 1 aromatic rings. The van der Waals surface area contributed by atoms with Gasteiger partial charge in [0.25, 0.3) is 10.0 Å². The third-order valence-corrected chi connectivity index (χ3v) is 6.23. The maximum atomic E-state index is 12.6. The van der Waals surface area contributed by atoms with Crippen molar-refractivity contribution < 1.29 is 13.2 Å². The number of rotatable bonds is 3. The molecule has 1 unspecified atom stereocenters. The van der Waals surface area contributed by atoms with E-state index in [1.54, 1.807) is 7.05 Å². The zero-order valence-electron chi connectivity index (χ0n) is 9.58. The normalized spacial score (nSPS) is 22.3. The Hall–Kier alpha value is -0.0300. The molecule has 0 aliphatic carbocycles. The van der Waals surface area contributed by atoms with Gasteiger partial charge in [0, 0.05) is 18.9 Å². The SMILES string of the molecule is Cn1nnc(Br)c1S(=O)(=O)N1CCOCC1CBr. The van der Waals surface area contributed by atoms with Gasteiger partial charge in [-0.05, 0) is 15.9 Å². The zero-order valence-corrected chi connectivity index (χ0v) is 13.6. The molecular weight excluding hydrogens is 392 g/mol. The van der Waals surface area contributed by atoms with Gasteiger partial charge in [-0.2, -0.15) is 4.31 Å². The van der Waals surface area contributed by atoms with E-state index in [0.717, 1.165) is 0 Å². The van der Waals surface area contributed by atoms with E-state index in [4.69, 9.17) is 4.74 Å². The van der Waals surface area contributed by atoms with Crippen molar-refractivity contribution in [3.63, 3.8) is 0 Å². The first-order valence-electron chi connectivity index (χ1n) is 5.19. The van der Waals surface area contributed by atoms with Crippen molar-refractivity contribution in [3.05, 3.63) is 4.60 Å². The molecule has 1 aromatic heterocycles. The summed E-state index contributed by atoms with van der Waals surface area (Å²) in [5.41, 5.74) is 0. The largest absolute Gasteiger partial charge is 0.378 e. The van der Waals surface area contributed by atoms with Gasteiger partial charge in [-0.25, -0.2) is 13.1 Å². The number of nitrogens with zero attached hydrogens (tertiary/aromatic N) is 4. The van der Waals surface area contributed by atoms with Crippen LogP contribution < -0.4 is 0 Å². The summed E-state index contributed by atoms with van der Waals surface area (Å²) in [6.45, 7) is 1.11. The van der Waals surface area contributed by atoms with Gasteiger partial charge in [0.05, 0.1) is 19.3 Å². The number of ether oxygens (including phenoxy) is 1. The maximum Gasteiger partial charge on any atom is 0.263 e. The van der Waals surface area contributed by atoms with Crippen LogP contribution in [0.3, 0.4) is 0 Å². The van der Waals surface area contributed by atoms with Crippen molar-refractivity contribution in [1.82, 2.24) is 19.3 Å². The quantitative estimate of drug-likeness (QED) is 0.681. The molecule has 1 aliphatic rings. The van der Waals surface area contributed by atoms with E-state index >= 15 is 0 Å². The average Bonchev–Trinajstić information content (AvgIpc) is 2.69. The second-order valence-corrected chi connectivity index (χ2v) is 7.01. The molecule has 0 bridgehead atoms. The number of hydrogen-bond donors (Lipinski definition) is 0. The minimum atomic E-state index is -3.63. The van der Waals surface area contributed by atoms with Gasteiger partial charge >= 0.3 is 0 Å². The molecular formula is C8H12Br2N4O3S. The van der Waals surface area contributed by atoms with E-state index < -0.39 is 10.0 Å². The second kappa shape index (κ2) is 5.53. The number of aryl methyl sites for hydroxylation is 1. The van der Waals surface area contributed by atoms with Crippen LogP contribution in [0.2, 0.25) is 0 Å². The molecule has 0 N–H and O–H groups in total. The molecule has 0 saturated carbocycles. The third-order valence-electron chi connectivity index (χ3n) is 2.64. The lowest BCUT2D eigenvalue weighted by atomic mass is 10.3. The fourth-order valence-electron chi connectivity index (χ4n) is 1.79. The molecule has 102 valence electrons. The summed E-state index contributed by atoms with van der Waals surface area (Å²) in [5, 5.41) is 8.00. The highest BCUT2D eigenvalue weighted by atomic mass is 79.9. The summed E-state index contributed by atoms with van der Waals surface area (Å²) >= 11 is 6.43. The molecule has 0 aromatic carbocycles. The van der Waals surface area contributed by atoms with Gasteiger partial charge in [0.1, 0.15) is 0 Å². The molecule has 1 atom stereocenters. The van der Waals surface area contributed by atoms with Crippen LogP contribution in [0, 0.1) is 0 Å². The molecule has 7 nitrogen and oxygen atoms in total. The van der Waals surface area contributed by atoms with Crippen molar-refractivity contribution in [1.29, 1.82) is 0 Å². The van der Waals surface area contributed by atoms with Crippen LogP contribution in [-0.2, 0) is 21.8 Å². The Bertz CT molecular complexity index is 513. The van der Waals surface area contributed by atoms with E-state index in [2.05, 4.69) is 42.2 Å². The molecule has 1 saturated heterocycles. The van der Waals surface area contributed by atoms with Crippen LogP contribution in [0.15, 0.2) is 9.63 Å². The van der Waals surface area contributed by atoms with Crippen molar-refractivity contribution in [2.45, 2.75) is 11.1 Å². The summed E-state index contributed by atoms with van der Waals surface area (Å²) in [4.78, 5) is 0. The molecule has 0 spiro atoms. The Morgan fingerprint density at radius 1 is 1.56 bits per heavy atom. The van der Waals surface area contributed by atoms with E-state index in [1.165, 1.54) is 8.99 Å². The predicted molar refractivity (Wildman–Crippen MR) is 71.0 cm³/mol. The summed E-state index contributed by atoms with van der Waals surface area (Å²) in [6.07, 6.45) is 0. The first kappa shape index (κ1) is 14.4. The molecule has 10 heteroatoms. The molecule has 1 aliphatic heterocycles. The standard InChI is InChI=1S/C8H12Br2N4O3S/c1-13-8(7(10)11-12-13)18(15,16)14-2-3-17-5-6(14)4-9/h6H,2-5H2,1H3. The number of hydrogen-bond acceptors (Lipinski definition) is 5. The van der Waals surface area contributed by atoms with Gasteiger partial charge in [-0.1, -0.05) is 21.1 Å². The molecule has 0 amide bonds. The second-order valence-electron chi connectivity index (χ2n) is 3.81. The first-order chi connectivity index (χ1) is 8.48.